The number of nitrogens with one attached hydrogen (secondary N) is 2. The van der Waals surface area contributed by atoms with Crippen LogP contribution in [0.5, 0.6) is 11.5 Å². The summed E-state index contributed by atoms with van der Waals surface area (Å²) in [6.45, 7) is 2.33. The van der Waals surface area contributed by atoms with Gasteiger partial charge in [-0.2, -0.15) is 0 Å². The Labute approximate surface area is 313 Å². The summed E-state index contributed by atoms with van der Waals surface area (Å²) in [6.07, 6.45) is 0.762. The number of nitrogens with zero attached hydrogens (tertiary/aromatic N) is 3. The Kier molecular flexibility index (Phi) is 11.1. The molecule has 0 unspecified atom stereocenters. The van der Waals surface area contributed by atoms with Gasteiger partial charge in [0.2, 0.25) is 0 Å². The number of fused-ring (bicyclic) bond motifs is 1. The van der Waals surface area contributed by atoms with Crippen LogP contribution in [0.2, 0.25) is 5.02 Å². The van der Waals surface area contributed by atoms with Crippen LogP contribution in [0.4, 0.5) is 16.2 Å². The second-order valence-electron chi connectivity index (χ2n) is 12.7. The molecule has 1 saturated heterocycles. The normalized spacial score (nSPS) is 14.0. The smallest absolute Gasteiger partial charge is 0.335 e. The number of hydrogen-bond donors (Lipinski definition) is 3. The van der Waals surface area contributed by atoms with Crippen molar-refractivity contribution in [3.63, 3.8) is 0 Å². The molecule has 3 amide bonds. The average Bonchev–Trinajstić information content (AvgIpc) is 3.17. The molecular weight excluding hydrogens is 718 g/mol. The number of aliphatic hydroxyl groups is 1. The molecule has 12 nitrogen and oxygen atoms in total. The first-order chi connectivity index (χ1) is 25.4. The number of aryl methyl sites for hydroxylation is 1. The maximum atomic E-state index is 14.0. The van der Waals surface area contributed by atoms with Gasteiger partial charge < -0.3 is 30.1 Å². The van der Waals surface area contributed by atoms with E-state index >= 15 is 0 Å². The van der Waals surface area contributed by atoms with Gasteiger partial charge in [0.25, 0.3) is 15.9 Å². The molecule has 0 bridgehead atoms. The van der Waals surface area contributed by atoms with Crippen LogP contribution in [-0.2, 0) is 15.6 Å². The Morgan fingerprint density at radius 2 is 1.64 bits per heavy atom. The highest BCUT2D eigenvalue weighted by Gasteiger charge is 2.36. The number of amides is 3. The number of anilines is 2. The highest BCUT2D eigenvalue weighted by Crippen LogP contribution is 2.34. The van der Waals surface area contributed by atoms with E-state index in [4.69, 9.17) is 21.1 Å². The molecule has 1 aliphatic heterocycles. The molecule has 3 N–H and O–H groups in total. The molecule has 0 spiro atoms. The molecule has 4 aromatic carbocycles. The van der Waals surface area contributed by atoms with Crippen LogP contribution in [0.15, 0.2) is 102 Å². The van der Waals surface area contributed by atoms with Gasteiger partial charge >= 0.3 is 6.03 Å². The Hall–Kier alpha value is -5.37. The summed E-state index contributed by atoms with van der Waals surface area (Å²) in [7, 11) is -1.51. The number of ether oxygens (including phenoxy) is 2. The largest absolute Gasteiger partial charge is 0.497 e. The summed E-state index contributed by atoms with van der Waals surface area (Å²) in [5.74, 6) is 0.361. The number of hydrogen-bond acceptors (Lipinski definition) is 9. The molecule has 1 aromatic heterocycles. The molecule has 1 fully saturated rings. The lowest BCUT2D eigenvalue weighted by Crippen LogP contribution is -2.45. The number of pyridine rings is 1. The first kappa shape index (κ1) is 37.4. The second-order valence-corrected chi connectivity index (χ2v) is 15.0. The monoisotopic (exact) mass is 757 g/mol. The van der Waals surface area contributed by atoms with Crippen LogP contribution in [0.1, 0.15) is 34.5 Å². The van der Waals surface area contributed by atoms with E-state index in [0.29, 0.717) is 53.5 Å². The number of carbonyl (C=O) groups excluding carboxylic acids is 2. The Morgan fingerprint density at radius 1 is 0.925 bits per heavy atom. The number of benzene rings is 4. The van der Waals surface area contributed by atoms with Crippen LogP contribution in [0.25, 0.3) is 10.9 Å². The molecule has 53 heavy (non-hydrogen) atoms. The highest BCUT2D eigenvalue weighted by atomic mass is 35.5. The highest BCUT2D eigenvalue weighted by molar-refractivity contribution is 7.89. The number of rotatable bonds is 11. The Bertz CT molecular complexity index is 2230. The minimum atomic E-state index is -4.37. The Balaban J connectivity index is 1.21. The predicted molar refractivity (Wildman–Crippen MR) is 204 cm³/mol. The SMILES string of the molecule is COc1ccc(S(=O)(=O)N(CCNc2cc(C)nc3ccc(Cl)cc23)C(=O)Nc2ccc(C(=O)N3CCC(O)(c4ccccc4)CC3)cc2OC)cc1. The van der Waals surface area contributed by atoms with E-state index in [9.17, 15) is 23.1 Å². The zero-order chi connectivity index (χ0) is 37.8. The quantitative estimate of drug-likeness (QED) is 0.134. The predicted octanol–water partition coefficient (Wildman–Crippen LogP) is 6.67. The molecule has 276 valence electrons. The number of urea groups is 1. The van der Waals surface area contributed by atoms with E-state index in [1.807, 2.05) is 43.3 Å². The fourth-order valence-electron chi connectivity index (χ4n) is 6.38. The van der Waals surface area contributed by atoms with Crippen molar-refractivity contribution < 1.29 is 32.6 Å². The fraction of sp³-hybridized carbons (Fsp3) is 0.256. The van der Waals surface area contributed by atoms with Gasteiger partial charge in [0.15, 0.2) is 0 Å². The van der Waals surface area contributed by atoms with E-state index in [-0.39, 0.29) is 35.3 Å². The van der Waals surface area contributed by atoms with E-state index in [0.717, 1.165) is 20.9 Å². The molecule has 1 aliphatic rings. The van der Waals surface area contributed by atoms with Gasteiger partial charge in [0.05, 0.1) is 42.5 Å². The van der Waals surface area contributed by atoms with Crippen LogP contribution in [0.3, 0.4) is 0 Å². The van der Waals surface area contributed by atoms with Gasteiger partial charge in [-0.25, -0.2) is 17.5 Å². The summed E-state index contributed by atoms with van der Waals surface area (Å²) in [5, 5.41) is 18.4. The van der Waals surface area contributed by atoms with Crippen molar-refractivity contribution in [1.29, 1.82) is 0 Å². The van der Waals surface area contributed by atoms with Gasteiger partial charge in [0.1, 0.15) is 11.5 Å². The third-order valence-corrected chi connectivity index (χ3v) is 11.3. The minimum absolute atomic E-state index is 0.0493. The summed E-state index contributed by atoms with van der Waals surface area (Å²) in [6, 6.07) is 25.9. The summed E-state index contributed by atoms with van der Waals surface area (Å²) in [4.78, 5) is 33.6. The number of likely N-dealkylation sites (tertiary alicyclic amines) is 1. The van der Waals surface area contributed by atoms with Crippen LogP contribution in [0, 0.1) is 6.92 Å². The van der Waals surface area contributed by atoms with Crippen molar-refractivity contribution >= 4 is 55.8 Å². The summed E-state index contributed by atoms with van der Waals surface area (Å²) in [5.41, 5.74) is 2.41. The van der Waals surface area contributed by atoms with Gasteiger partial charge in [-0.1, -0.05) is 41.9 Å². The van der Waals surface area contributed by atoms with Gasteiger partial charge in [-0.05, 0) is 92.1 Å². The van der Waals surface area contributed by atoms with Crippen LogP contribution < -0.4 is 20.1 Å². The lowest BCUT2D eigenvalue weighted by molar-refractivity contribution is -0.0211. The summed E-state index contributed by atoms with van der Waals surface area (Å²) >= 11 is 6.26. The first-order valence-corrected chi connectivity index (χ1v) is 18.8. The topological polar surface area (TPSA) is 150 Å². The third kappa shape index (κ3) is 8.17. The summed E-state index contributed by atoms with van der Waals surface area (Å²) < 4.78 is 39.5. The number of halogens is 1. The molecule has 14 heteroatoms. The average molecular weight is 758 g/mol. The van der Waals surface area contributed by atoms with E-state index in [2.05, 4.69) is 15.6 Å². The fourth-order valence-corrected chi connectivity index (χ4v) is 7.88. The first-order valence-electron chi connectivity index (χ1n) is 17.0. The van der Waals surface area contributed by atoms with Gasteiger partial charge in [-0.15, -0.1) is 0 Å². The molecule has 2 heterocycles. The number of carbonyl (C=O) groups is 2. The number of aromatic nitrogens is 1. The minimum Gasteiger partial charge on any atom is -0.497 e. The van der Waals surface area contributed by atoms with Crippen molar-refractivity contribution in [2.24, 2.45) is 0 Å². The van der Waals surface area contributed by atoms with Crippen molar-refractivity contribution in [3.05, 3.63) is 119 Å². The zero-order valence-electron chi connectivity index (χ0n) is 29.5. The number of methoxy groups -OCH3 is 2. The Morgan fingerprint density at radius 3 is 2.32 bits per heavy atom. The van der Waals surface area contributed by atoms with Crippen molar-refractivity contribution in [2.75, 3.05) is 51.0 Å². The van der Waals surface area contributed by atoms with Crippen LogP contribution >= 0.6 is 11.6 Å². The molecule has 0 saturated carbocycles. The number of sulfonamides is 1. The molecule has 0 radical (unpaired) electrons. The maximum absolute atomic E-state index is 14.0. The van der Waals surface area contributed by atoms with Crippen molar-refractivity contribution in [2.45, 2.75) is 30.3 Å². The van der Waals surface area contributed by atoms with E-state index < -0.39 is 21.7 Å². The van der Waals surface area contributed by atoms with Gasteiger partial charge in [-0.3, -0.25) is 9.78 Å². The third-order valence-electron chi connectivity index (χ3n) is 9.28. The molecule has 6 rings (SSSR count). The van der Waals surface area contributed by atoms with Crippen molar-refractivity contribution in [3.8, 4) is 11.5 Å². The molecule has 5 aromatic rings. The lowest BCUT2D eigenvalue weighted by Gasteiger charge is -2.38. The molecular formula is C39H40ClN5O7S. The zero-order valence-corrected chi connectivity index (χ0v) is 31.1. The second kappa shape index (κ2) is 15.7. The van der Waals surface area contributed by atoms with Gasteiger partial charge in [0, 0.05) is 47.0 Å². The van der Waals surface area contributed by atoms with E-state index in [1.54, 1.807) is 29.2 Å². The lowest BCUT2D eigenvalue weighted by atomic mass is 9.84. The van der Waals surface area contributed by atoms with E-state index in [1.165, 1.54) is 50.6 Å². The van der Waals surface area contributed by atoms with Crippen LogP contribution in [-0.4, -0.2) is 80.1 Å². The van der Waals surface area contributed by atoms with Crippen molar-refractivity contribution in [1.82, 2.24) is 14.2 Å². The molecule has 0 atom stereocenters. The standard InChI is InChI=1S/C39H40ClN5O7S/c1-26-23-35(32-25-29(40)10-16-33(32)42-26)41-19-22-45(53(49,50)31-13-11-30(51-2)12-14-31)38(47)43-34-15-9-27(24-36(34)52-3)37(46)44-20-17-39(48,18-21-44)28-7-5-4-6-8-28/h4-16,23-25,48H,17-22H2,1-3H3,(H,41,42)(H,43,47). The molecule has 0 aliphatic carbocycles. The number of piperidine rings is 1. The maximum Gasteiger partial charge on any atom is 0.335 e.